The standard InChI is InChI=1S/C23H31ClN4O5/c1-6-17-20(25-18-12-27(23(30)32-5)13-19(18)33-8-3)22(29)28(7-2)21(26-17)15-10-9-14(31-4)11-16(15)24/h9-11,18-19,25H,6-8,12-13H2,1-5H3/t18-,19+/m1/s1. The van der Waals surface area contributed by atoms with Gasteiger partial charge in [-0.25, -0.2) is 9.78 Å². The minimum Gasteiger partial charge on any atom is -0.497 e. The summed E-state index contributed by atoms with van der Waals surface area (Å²) in [4.78, 5) is 32.0. The number of anilines is 1. The smallest absolute Gasteiger partial charge is 0.409 e. The molecule has 9 nitrogen and oxygen atoms in total. The maximum atomic E-state index is 13.6. The van der Waals surface area contributed by atoms with Crippen molar-refractivity contribution < 1.29 is 19.0 Å². The van der Waals surface area contributed by atoms with Crippen LogP contribution >= 0.6 is 11.6 Å². The van der Waals surface area contributed by atoms with Crippen molar-refractivity contribution in [1.82, 2.24) is 14.5 Å². The molecule has 0 unspecified atom stereocenters. The lowest BCUT2D eigenvalue weighted by molar-refractivity contribution is 0.0614. The van der Waals surface area contributed by atoms with Crippen LogP contribution in [-0.4, -0.2) is 66.6 Å². The molecule has 2 heterocycles. The van der Waals surface area contributed by atoms with Crippen LogP contribution in [0.1, 0.15) is 26.5 Å². The Balaban J connectivity index is 2.03. The van der Waals surface area contributed by atoms with E-state index in [1.807, 2.05) is 20.8 Å². The van der Waals surface area contributed by atoms with Crippen molar-refractivity contribution in [3.63, 3.8) is 0 Å². The zero-order valence-corrected chi connectivity index (χ0v) is 20.4. The minimum atomic E-state index is -0.423. The van der Waals surface area contributed by atoms with Crippen LogP contribution in [0.4, 0.5) is 10.5 Å². The molecule has 0 radical (unpaired) electrons. The van der Waals surface area contributed by atoms with Gasteiger partial charge in [-0.2, -0.15) is 0 Å². The van der Waals surface area contributed by atoms with Gasteiger partial charge in [0.25, 0.3) is 5.56 Å². The first-order valence-electron chi connectivity index (χ1n) is 11.1. The lowest BCUT2D eigenvalue weighted by Gasteiger charge is -2.23. The Hall–Kier alpha value is -2.78. The molecule has 1 aromatic carbocycles. The summed E-state index contributed by atoms with van der Waals surface area (Å²) < 4.78 is 17.5. The van der Waals surface area contributed by atoms with Gasteiger partial charge in [-0.15, -0.1) is 0 Å². The van der Waals surface area contributed by atoms with Gasteiger partial charge in [-0.3, -0.25) is 9.36 Å². The lowest BCUT2D eigenvalue weighted by Crippen LogP contribution is -2.38. The summed E-state index contributed by atoms with van der Waals surface area (Å²) in [5, 5.41) is 3.79. The predicted octanol–water partition coefficient (Wildman–Crippen LogP) is 3.42. The van der Waals surface area contributed by atoms with E-state index in [1.54, 1.807) is 34.8 Å². The molecule has 0 saturated carbocycles. The number of hydrogen-bond donors (Lipinski definition) is 1. The van der Waals surface area contributed by atoms with Gasteiger partial charge < -0.3 is 24.4 Å². The quantitative estimate of drug-likeness (QED) is 0.621. The zero-order chi connectivity index (χ0) is 24.1. The molecule has 1 amide bonds. The molecule has 1 saturated heterocycles. The second kappa shape index (κ2) is 10.9. The van der Waals surface area contributed by atoms with Crippen molar-refractivity contribution in [2.45, 2.75) is 45.9 Å². The summed E-state index contributed by atoms with van der Waals surface area (Å²) in [6.07, 6.45) is -0.160. The fraction of sp³-hybridized carbons (Fsp3) is 0.522. The molecular weight excluding hydrogens is 448 g/mol. The van der Waals surface area contributed by atoms with Crippen LogP contribution in [0.3, 0.4) is 0 Å². The van der Waals surface area contributed by atoms with Gasteiger partial charge in [0, 0.05) is 25.3 Å². The summed E-state index contributed by atoms with van der Waals surface area (Å²) in [5.74, 6) is 1.13. The highest BCUT2D eigenvalue weighted by Gasteiger charge is 2.37. The Morgan fingerprint density at radius 1 is 1.24 bits per heavy atom. The highest BCUT2D eigenvalue weighted by Crippen LogP contribution is 2.31. The van der Waals surface area contributed by atoms with E-state index in [0.29, 0.717) is 66.2 Å². The molecule has 33 heavy (non-hydrogen) atoms. The fourth-order valence-electron chi connectivity index (χ4n) is 4.06. The number of benzene rings is 1. The Bertz CT molecular complexity index is 1060. The van der Waals surface area contributed by atoms with Gasteiger partial charge in [0.1, 0.15) is 17.3 Å². The minimum absolute atomic E-state index is 0.196. The molecule has 2 atom stereocenters. The molecule has 3 rings (SSSR count). The molecule has 1 N–H and O–H groups in total. The summed E-state index contributed by atoms with van der Waals surface area (Å²) in [6.45, 7) is 7.37. The number of ether oxygens (including phenoxy) is 3. The topological polar surface area (TPSA) is 94.9 Å². The number of carbonyl (C=O) groups excluding carboxylic acids is 1. The number of nitrogens with zero attached hydrogens (tertiary/aromatic N) is 3. The molecule has 180 valence electrons. The zero-order valence-electron chi connectivity index (χ0n) is 19.7. The average molecular weight is 479 g/mol. The average Bonchev–Trinajstić information content (AvgIpc) is 3.22. The Morgan fingerprint density at radius 2 is 2.00 bits per heavy atom. The van der Waals surface area contributed by atoms with E-state index in [0.717, 1.165) is 0 Å². The Kier molecular flexibility index (Phi) is 8.20. The van der Waals surface area contributed by atoms with Crippen molar-refractivity contribution in [3.05, 3.63) is 39.3 Å². The molecule has 2 aromatic rings. The Morgan fingerprint density at radius 3 is 2.58 bits per heavy atom. The number of hydrogen-bond acceptors (Lipinski definition) is 7. The van der Waals surface area contributed by atoms with Gasteiger partial charge in [-0.05, 0) is 38.5 Å². The lowest BCUT2D eigenvalue weighted by atomic mass is 10.1. The maximum absolute atomic E-state index is 13.6. The van der Waals surface area contributed by atoms with E-state index in [4.69, 9.17) is 30.8 Å². The van der Waals surface area contributed by atoms with Crippen LogP contribution in [0.5, 0.6) is 5.75 Å². The first-order chi connectivity index (χ1) is 15.9. The largest absolute Gasteiger partial charge is 0.497 e. The van der Waals surface area contributed by atoms with Crippen LogP contribution in [0.2, 0.25) is 5.02 Å². The van der Waals surface area contributed by atoms with E-state index in [-0.39, 0.29) is 17.7 Å². The number of nitrogens with one attached hydrogen (secondary N) is 1. The van der Waals surface area contributed by atoms with Crippen LogP contribution < -0.4 is 15.6 Å². The van der Waals surface area contributed by atoms with Crippen molar-refractivity contribution >= 4 is 23.4 Å². The highest BCUT2D eigenvalue weighted by atomic mass is 35.5. The number of carbonyl (C=O) groups is 1. The summed E-state index contributed by atoms with van der Waals surface area (Å²) >= 11 is 6.49. The predicted molar refractivity (Wildman–Crippen MR) is 127 cm³/mol. The van der Waals surface area contributed by atoms with Crippen molar-refractivity contribution in [1.29, 1.82) is 0 Å². The van der Waals surface area contributed by atoms with E-state index >= 15 is 0 Å². The molecule has 10 heteroatoms. The van der Waals surface area contributed by atoms with Gasteiger partial charge in [0.05, 0.1) is 43.6 Å². The molecule has 0 bridgehead atoms. The van der Waals surface area contributed by atoms with Gasteiger partial charge >= 0.3 is 6.09 Å². The molecule has 1 aromatic heterocycles. The molecular formula is C23H31ClN4O5. The highest BCUT2D eigenvalue weighted by molar-refractivity contribution is 6.33. The first-order valence-corrected chi connectivity index (χ1v) is 11.4. The normalized spacial score (nSPS) is 17.8. The van der Waals surface area contributed by atoms with E-state index in [2.05, 4.69) is 5.32 Å². The number of rotatable bonds is 8. The third-order valence-corrected chi connectivity index (χ3v) is 6.03. The number of halogens is 1. The molecule has 1 aliphatic heterocycles. The molecule has 1 aliphatic rings. The maximum Gasteiger partial charge on any atom is 0.409 e. The number of amides is 1. The molecule has 0 aliphatic carbocycles. The van der Waals surface area contributed by atoms with E-state index < -0.39 is 6.09 Å². The second-order valence-corrected chi connectivity index (χ2v) is 8.03. The van der Waals surface area contributed by atoms with Crippen LogP contribution in [0.25, 0.3) is 11.4 Å². The third-order valence-electron chi connectivity index (χ3n) is 5.72. The molecule has 0 spiro atoms. The monoisotopic (exact) mass is 478 g/mol. The fourth-order valence-corrected chi connectivity index (χ4v) is 4.32. The molecule has 1 fully saturated rings. The van der Waals surface area contributed by atoms with Crippen LogP contribution in [-0.2, 0) is 22.4 Å². The van der Waals surface area contributed by atoms with E-state index in [1.165, 1.54) is 7.11 Å². The van der Waals surface area contributed by atoms with Crippen molar-refractivity contribution in [2.75, 3.05) is 39.2 Å². The third kappa shape index (κ3) is 5.09. The summed E-state index contributed by atoms with van der Waals surface area (Å²) in [5.41, 5.74) is 1.49. The van der Waals surface area contributed by atoms with Crippen molar-refractivity contribution in [3.8, 4) is 17.1 Å². The van der Waals surface area contributed by atoms with Crippen LogP contribution in [0, 0.1) is 0 Å². The van der Waals surface area contributed by atoms with E-state index in [9.17, 15) is 9.59 Å². The number of aryl methyl sites for hydroxylation is 1. The van der Waals surface area contributed by atoms with Crippen LogP contribution in [0.15, 0.2) is 23.0 Å². The SMILES string of the molecule is CCO[C@H]1CN(C(=O)OC)C[C@H]1Nc1c(CC)nc(-c2ccc(OC)cc2Cl)n(CC)c1=O. The van der Waals surface area contributed by atoms with Gasteiger partial charge in [0.15, 0.2) is 0 Å². The summed E-state index contributed by atoms with van der Waals surface area (Å²) in [7, 11) is 2.92. The van der Waals surface area contributed by atoms with Crippen molar-refractivity contribution in [2.24, 2.45) is 0 Å². The van der Waals surface area contributed by atoms with Gasteiger partial charge in [0.2, 0.25) is 0 Å². The number of aromatic nitrogens is 2. The Labute approximate surface area is 198 Å². The first kappa shape index (κ1) is 24.9. The second-order valence-electron chi connectivity index (χ2n) is 7.63. The van der Waals surface area contributed by atoms with Gasteiger partial charge in [-0.1, -0.05) is 18.5 Å². The number of likely N-dealkylation sites (tertiary alicyclic amines) is 1. The summed E-state index contributed by atoms with van der Waals surface area (Å²) in [6, 6.07) is 5.02. The number of methoxy groups -OCH3 is 2.